The second-order valence-corrected chi connectivity index (χ2v) is 6.09. The van der Waals surface area contributed by atoms with Gasteiger partial charge in [-0.05, 0) is 25.1 Å². The predicted octanol–water partition coefficient (Wildman–Crippen LogP) is 2.33. The van der Waals surface area contributed by atoms with Crippen molar-refractivity contribution in [1.29, 1.82) is 0 Å². The predicted molar refractivity (Wildman–Crippen MR) is 107 cm³/mol. The monoisotopic (exact) mass is 396 g/mol. The largest absolute Gasteiger partial charge is 0.497 e. The van der Waals surface area contributed by atoms with E-state index >= 15 is 0 Å². The van der Waals surface area contributed by atoms with E-state index in [4.69, 9.17) is 4.74 Å². The molecule has 0 atom stereocenters. The lowest BCUT2D eigenvalue weighted by Gasteiger charge is -2.08. The van der Waals surface area contributed by atoms with Gasteiger partial charge < -0.3 is 15.4 Å². The first-order chi connectivity index (χ1) is 14.0. The molecule has 0 bridgehead atoms. The molecule has 0 aliphatic heterocycles. The number of hydrogen-bond donors (Lipinski definition) is 2. The number of nitrogens with one attached hydrogen (secondary N) is 2. The van der Waals surface area contributed by atoms with Gasteiger partial charge in [-0.25, -0.2) is 4.68 Å². The maximum Gasteiger partial charge on any atom is 0.292 e. The lowest BCUT2D eigenvalue weighted by Crippen LogP contribution is -2.29. The fourth-order valence-corrected chi connectivity index (χ4v) is 2.77. The first kappa shape index (κ1) is 19.8. The smallest absolute Gasteiger partial charge is 0.292 e. The molecule has 1 heterocycles. The van der Waals surface area contributed by atoms with E-state index in [1.807, 2.05) is 18.2 Å². The summed E-state index contributed by atoms with van der Waals surface area (Å²) < 4.78 is 6.76. The topological polar surface area (TPSA) is 124 Å². The Bertz CT molecular complexity index is 1030. The minimum absolute atomic E-state index is 0.0177. The number of nitro benzene ring substituents is 1. The second kappa shape index (κ2) is 8.83. The van der Waals surface area contributed by atoms with Gasteiger partial charge in [-0.2, -0.15) is 0 Å². The van der Waals surface area contributed by atoms with Gasteiger partial charge in [0, 0.05) is 25.2 Å². The number of methoxy groups -OCH3 is 1. The van der Waals surface area contributed by atoms with Crippen LogP contribution in [0.5, 0.6) is 5.75 Å². The number of para-hydroxylation sites is 2. The highest BCUT2D eigenvalue weighted by Crippen LogP contribution is 2.22. The Balaban J connectivity index is 1.61. The van der Waals surface area contributed by atoms with Crippen LogP contribution in [-0.2, 0) is 0 Å². The van der Waals surface area contributed by atoms with Crippen molar-refractivity contribution >= 4 is 17.3 Å². The van der Waals surface area contributed by atoms with E-state index < -0.39 is 4.92 Å². The minimum Gasteiger partial charge on any atom is -0.497 e. The van der Waals surface area contributed by atoms with Crippen LogP contribution >= 0.6 is 0 Å². The van der Waals surface area contributed by atoms with Crippen LogP contribution in [-0.4, -0.2) is 46.0 Å². The van der Waals surface area contributed by atoms with Crippen molar-refractivity contribution in [2.45, 2.75) is 6.92 Å². The van der Waals surface area contributed by atoms with Crippen LogP contribution in [0.15, 0.2) is 48.5 Å². The Hall–Kier alpha value is -3.95. The highest BCUT2D eigenvalue weighted by Gasteiger charge is 2.17. The zero-order chi connectivity index (χ0) is 20.8. The normalized spacial score (nSPS) is 10.4. The quantitative estimate of drug-likeness (QED) is 0.340. The van der Waals surface area contributed by atoms with Gasteiger partial charge in [-0.1, -0.05) is 23.4 Å². The molecule has 0 aliphatic carbocycles. The average molecular weight is 396 g/mol. The first-order valence-corrected chi connectivity index (χ1v) is 8.83. The molecule has 0 aliphatic rings. The molecule has 29 heavy (non-hydrogen) atoms. The van der Waals surface area contributed by atoms with E-state index in [1.165, 1.54) is 6.07 Å². The molecule has 0 unspecified atom stereocenters. The molecule has 1 amide bonds. The van der Waals surface area contributed by atoms with Crippen molar-refractivity contribution in [2.75, 3.05) is 25.5 Å². The molecule has 150 valence electrons. The van der Waals surface area contributed by atoms with Gasteiger partial charge >= 0.3 is 0 Å². The SMILES string of the molecule is COc1cccc(-n2nnc(C(=O)NCCNc3ccccc3[N+](=O)[O-])c2C)c1. The number of hydrogen-bond acceptors (Lipinski definition) is 7. The number of rotatable bonds is 8. The van der Waals surface area contributed by atoms with Crippen LogP contribution in [0.4, 0.5) is 11.4 Å². The molecular formula is C19H20N6O4. The van der Waals surface area contributed by atoms with Gasteiger partial charge in [0.1, 0.15) is 11.4 Å². The van der Waals surface area contributed by atoms with Gasteiger partial charge in [-0.15, -0.1) is 5.10 Å². The molecule has 10 heteroatoms. The number of amides is 1. The number of carbonyl (C=O) groups excluding carboxylic acids is 1. The van der Waals surface area contributed by atoms with Crippen LogP contribution in [0.2, 0.25) is 0 Å². The number of ether oxygens (including phenoxy) is 1. The molecule has 2 N–H and O–H groups in total. The van der Waals surface area contributed by atoms with Gasteiger partial charge in [0.25, 0.3) is 11.6 Å². The van der Waals surface area contributed by atoms with Crippen molar-refractivity contribution in [1.82, 2.24) is 20.3 Å². The minimum atomic E-state index is -0.457. The average Bonchev–Trinajstić information content (AvgIpc) is 3.12. The summed E-state index contributed by atoms with van der Waals surface area (Å²) >= 11 is 0. The van der Waals surface area contributed by atoms with E-state index in [0.29, 0.717) is 23.7 Å². The van der Waals surface area contributed by atoms with Crippen LogP contribution in [0.3, 0.4) is 0 Å². The molecule has 0 radical (unpaired) electrons. The van der Waals surface area contributed by atoms with Gasteiger partial charge in [0.2, 0.25) is 0 Å². The van der Waals surface area contributed by atoms with Crippen molar-refractivity contribution in [3.63, 3.8) is 0 Å². The summed E-state index contributed by atoms with van der Waals surface area (Å²) in [7, 11) is 1.57. The lowest BCUT2D eigenvalue weighted by molar-refractivity contribution is -0.384. The standard InChI is InChI=1S/C19H20N6O4/c1-13-18(22-23-24(13)14-6-5-7-15(12-14)29-2)19(26)21-11-10-20-16-8-3-4-9-17(16)25(27)28/h3-9,12,20H,10-11H2,1-2H3,(H,21,26). The summed E-state index contributed by atoms with van der Waals surface area (Å²) in [5.74, 6) is 0.297. The Kier molecular flexibility index (Phi) is 6.03. The Labute approximate surface area is 166 Å². The number of carbonyl (C=O) groups is 1. The van der Waals surface area contributed by atoms with E-state index in [1.54, 1.807) is 43.0 Å². The van der Waals surface area contributed by atoms with E-state index in [-0.39, 0.29) is 23.8 Å². The van der Waals surface area contributed by atoms with Crippen molar-refractivity contribution in [3.05, 3.63) is 70.0 Å². The highest BCUT2D eigenvalue weighted by atomic mass is 16.6. The third kappa shape index (κ3) is 4.49. The van der Waals surface area contributed by atoms with Crippen LogP contribution in [0.25, 0.3) is 5.69 Å². The van der Waals surface area contributed by atoms with E-state index in [0.717, 1.165) is 5.69 Å². The molecular weight excluding hydrogens is 376 g/mol. The molecule has 10 nitrogen and oxygen atoms in total. The summed E-state index contributed by atoms with van der Waals surface area (Å²) in [5, 5.41) is 24.7. The van der Waals surface area contributed by atoms with Crippen molar-refractivity contribution < 1.29 is 14.5 Å². The van der Waals surface area contributed by atoms with Crippen molar-refractivity contribution in [3.8, 4) is 11.4 Å². The molecule has 0 saturated carbocycles. The van der Waals surface area contributed by atoms with Crippen LogP contribution in [0, 0.1) is 17.0 Å². The second-order valence-electron chi connectivity index (χ2n) is 6.09. The summed E-state index contributed by atoms with van der Waals surface area (Å²) in [4.78, 5) is 23.0. The molecule has 0 spiro atoms. The fraction of sp³-hybridized carbons (Fsp3) is 0.211. The number of aromatic nitrogens is 3. The van der Waals surface area contributed by atoms with E-state index in [9.17, 15) is 14.9 Å². The number of anilines is 1. The molecule has 0 saturated heterocycles. The third-order valence-electron chi connectivity index (χ3n) is 4.23. The fourth-order valence-electron chi connectivity index (χ4n) is 2.77. The van der Waals surface area contributed by atoms with Crippen molar-refractivity contribution in [2.24, 2.45) is 0 Å². The first-order valence-electron chi connectivity index (χ1n) is 8.83. The third-order valence-corrected chi connectivity index (χ3v) is 4.23. The number of benzene rings is 2. The van der Waals surface area contributed by atoms with Gasteiger partial charge in [-0.3, -0.25) is 14.9 Å². The molecule has 2 aromatic carbocycles. The molecule has 1 aromatic heterocycles. The molecule has 3 aromatic rings. The number of nitrogens with zero attached hydrogens (tertiary/aromatic N) is 4. The van der Waals surface area contributed by atoms with Gasteiger partial charge in [0.15, 0.2) is 5.69 Å². The highest BCUT2D eigenvalue weighted by molar-refractivity contribution is 5.93. The summed E-state index contributed by atoms with van der Waals surface area (Å²) in [6.07, 6.45) is 0. The maximum absolute atomic E-state index is 12.4. The summed E-state index contributed by atoms with van der Waals surface area (Å²) in [6.45, 7) is 2.33. The maximum atomic E-state index is 12.4. The zero-order valence-corrected chi connectivity index (χ0v) is 16.0. The van der Waals surface area contributed by atoms with Crippen LogP contribution < -0.4 is 15.4 Å². The Morgan fingerprint density at radius 3 is 2.76 bits per heavy atom. The lowest BCUT2D eigenvalue weighted by atomic mass is 10.2. The molecule has 0 fully saturated rings. The van der Waals surface area contributed by atoms with Crippen LogP contribution in [0.1, 0.15) is 16.2 Å². The Morgan fingerprint density at radius 2 is 2.00 bits per heavy atom. The number of nitro groups is 1. The summed E-state index contributed by atoms with van der Waals surface area (Å²) in [5.41, 5.74) is 1.90. The summed E-state index contributed by atoms with van der Waals surface area (Å²) in [6, 6.07) is 13.6. The zero-order valence-electron chi connectivity index (χ0n) is 16.0. The Morgan fingerprint density at radius 1 is 1.21 bits per heavy atom. The van der Waals surface area contributed by atoms with Gasteiger partial charge in [0.05, 0.1) is 23.4 Å². The molecule has 3 rings (SSSR count). The van der Waals surface area contributed by atoms with E-state index in [2.05, 4.69) is 20.9 Å².